The zero-order valence-electron chi connectivity index (χ0n) is 13.8. The number of nitrogens with one attached hydrogen (secondary N) is 1. The van der Waals surface area contributed by atoms with Gasteiger partial charge in [0.2, 0.25) is 0 Å². The molecule has 6 unspecified atom stereocenters. The third-order valence-corrected chi connectivity index (χ3v) is 3.99. The average molecular weight is 393 g/mol. The van der Waals surface area contributed by atoms with Gasteiger partial charge < -0.3 is 45.6 Å². The Labute approximate surface area is 145 Å². The highest BCUT2D eigenvalue weighted by Gasteiger charge is 2.29. The van der Waals surface area contributed by atoms with E-state index in [2.05, 4.69) is 19.1 Å². The predicted octanol–water partition coefficient (Wildman–Crippen LogP) is -3.85. The first-order chi connectivity index (χ1) is 11.6. The molecule has 0 aromatic carbocycles. The first-order valence-electron chi connectivity index (χ1n) is 7.47. The molecule has 0 aromatic rings. The van der Waals surface area contributed by atoms with Crippen LogP contribution in [0.4, 0.5) is 0 Å². The monoisotopic (exact) mass is 393 g/mol. The molecule has 152 valence electrons. The number of methoxy groups -OCH3 is 1. The van der Waals surface area contributed by atoms with Crippen molar-refractivity contribution in [2.45, 2.75) is 30.5 Å². The molecule has 0 saturated carbocycles. The van der Waals surface area contributed by atoms with Crippen LogP contribution in [0.1, 0.15) is 0 Å². The third-order valence-electron chi connectivity index (χ3n) is 3.00. The van der Waals surface area contributed by atoms with Crippen LogP contribution in [-0.4, -0.2) is 113 Å². The lowest BCUT2D eigenvalue weighted by Crippen LogP contribution is -2.49. The summed E-state index contributed by atoms with van der Waals surface area (Å²) in [6.07, 6.45) is -7.58. The molecule has 0 radical (unpaired) electrons. The number of hydrogen-bond acceptors (Lipinski definition) is 11. The SMILES string of the molecule is COCC(O)COP(=O)(O)OCCNCC(O)C(O)C(O)C(O)CO. The minimum absolute atomic E-state index is 0.00301. The predicted molar refractivity (Wildman–Crippen MR) is 83.6 cm³/mol. The van der Waals surface area contributed by atoms with Gasteiger partial charge in [0.15, 0.2) is 0 Å². The zero-order valence-corrected chi connectivity index (χ0v) is 14.7. The topological polar surface area (TPSA) is 198 Å². The molecule has 0 rings (SSSR count). The lowest BCUT2D eigenvalue weighted by molar-refractivity contribution is -0.114. The second-order valence-corrected chi connectivity index (χ2v) is 6.66. The van der Waals surface area contributed by atoms with E-state index in [0.717, 1.165) is 0 Å². The van der Waals surface area contributed by atoms with Gasteiger partial charge in [-0.05, 0) is 0 Å². The number of hydrogen-bond donors (Lipinski definition) is 8. The van der Waals surface area contributed by atoms with Crippen LogP contribution < -0.4 is 5.32 Å². The van der Waals surface area contributed by atoms with Gasteiger partial charge in [0.25, 0.3) is 0 Å². The van der Waals surface area contributed by atoms with E-state index in [4.69, 9.17) is 10.2 Å². The van der Waals surface area contributed by atoms with Crippen molar-refractivity contribution in [3.8, 4) is 0 Å². The van der Waals surface area contributed by atoms with Crippen LogP contribution in [0.25, 0.3) is 0 Å². The molecule has 0 aliphatic heterocycles. The summed E-state index contributed by atoms with van der Waals surface area (Å²) in [6.45, 7) is -1.81. The Balaban J connectivity index is 3.95. The number of aliphatic hydroxyl groups is 6. The normalized spacial score (nSPS) is 20.5. The summed E-state index contributed by atoms with van der Waals surface area (Å²) in [6, 6.07) is 0. The third kappa shape index (κ3) is 11.2. The molecule has 0 aliphatic carbocycles. The van der Waals surface area contributed by atoms with E-state index in [1.165, 1.54) is 7.11 Å². The number of phosphoric ester groups is 1. The second kappa shape index (κ2) is 13.0. The molecule has 0 bridgehead atoms. The smallest absolute Gasteiger partial charge is 0.394 e. The van der Waals surface area contributed by atoms with Crippen LogP contribution in [0, 0.1) is 0 Å². The minimum Gasteiger partial charge on any atom is -0.394 e. The van der Waals surface area contributed by atoms with E-state index in [1.54, 1.807) is 0 Å². The average Bonchev–Trinajstić information content (AvgIpc) is 2.57. The van der Waals surface area contributed by atoms with Crippen LogP contribution in [-0.2, 0) is 18.3 Å². The van der Waals surface area contributed by atoms with Crippen LogP contribution in [0.2, 0.25) is 0 Å². The van der Waals surface area contributed by atoms with Crippen LogP contribution in [0.3, 0.4) is 0 Å². The summed E-state index contributed by atoms with van der Waals surface area (Å²) < 4.78 is 25.2. The highest BCUT2D eigenvalue weighted by atomic mass is 31.2. The fourth-order valence-electron chi connectivity index (χ4n) is 1.63. The number of rotatable bonds is 15. The van der Waals surface area contributed by atoms with Crippen molar-refractivity contribution < 1.29 is 53.9 Å². The molecule has 25 heavy (non-hydrogen) atoms. The van der Waals surface area contributed by atoms with E-state index in [1.807, 2.05) is 0 Å². The lowest BCUT2D eigenvalue weighted by Gasteiger charge is -2.25. The first kappa shape index (κ1) is 24.8. The Kier molecular flexibility index (Phi) is 12.9. The Morgan fingerprint density at radius 1 is 1.00 bits per heavy atom. The van der Waals surface area contributed by atoms with Gasteiger partial charge in [-0.1, -0.05) is 0 Å². The molecule has 6 atom stereocenters. The van der Waals surface area contributed by atoms with Crippen molar-refractivity contribution in [3.63, 3.8) is 0 Å². The van der Waals surface area contributed by atoms with Gasteiger partial charge in [-0.2, -0.15) is 0 Å². The Morgan fingerprint density at radius 3 is 2.16 bits per heavy atom. The number of aliphatic hydroxyl groups excluding tert-OH is 6. The fraction of sp³-hybridized carbons (Fsp3) is 1.00. The number of ether oxygens (including phenoxy) is 1. The maximum absolute atomic E-state index is 11.5. The van der Waals surface area contributed by atoms with Gasteiger partial charge in [-0.25, -0.2) is 4.57 Å². The van der Waals surface area contributed by atoms with Gasteiger partial charge in [-0.3, -0.25) is 9.05 Å². The van der Waals surface area contributed by atoms with Crippen molar-refractivity contribution in [2.24, 2.45) is 0 Å². The van der Waals surface area contributed by atoms with Crippen molar-refractivity contribution >= 4 is 7.82 Å². The molecule has 0 saturated heterocycles. The van der Waals surface area contributed by atoms with Crippen LogP contribution in [0.15, 0.2) is 0 Å². The lowest BCUT2D eigenvalue weighted by atomic mass is 10.0. The van der Waals surface area contributed by atoms with E-state index in [-0.39, 0.29) is 26.3 Å². The maximum atomic E-state index is 11.5. The van der Waals surface area contributed by atoms with Gasteiger partial charge >= 0.3 is 7.82 Å². The molecular weight excluding hydrogens is 365 g/mol. The van der Waals surface area contributed by atoms with E-state index < -0.39 is 51.6 Å². The highest BCUT2D eigenvalue weighted by molar-refractivity contribution is 7.47. The number of phosphoric acid groups is 1. The van der Waals surface area contributed by atoms with Gasteiger partial charge in [-0.15, -0.1) is 0 Å². The standard InChI is InChI=1S/C12H28NO11P/c1-22-6-8(15)7-24-25(20,21)23-3-2-13-4-9(16)11(18)12(19)10(17)5-14/h8-19H,2-7H2,1H3,(H,20,21). The largest absolute Gasteiger partial charge is 0.472 e. The first-order valence-corrected chi connectivity index (χ1v) is 8.96. The summed E-state index contributed by atoms with van der Waals surface area (Å²) in [5.74, 6) is 0. The quantitative estimate of drug-likeness (QED) is 0.0997. The summed E-state index contributed by atoms with van der Waals surface area (Å²) in [5, 5.41) is 58.3. The van der Waals surface area contributed by atoms with Gasteiger partial charge in [0.1, 0.15) is 24.4 Å². The van der Waals surface area contributed by atoms with Crippen molar-refractivity contribution in [1.82, 2.24) is 5.32 Å². The van der Waals surface area contributed by atoms with E-state index in [9.17, 15) is 29.9 Å². The Bertz CT molecular complexity index is 388. The fourth-order valence-corrected chi connectivity index (χ4v) is 2.38. The molecule has 0 amide bonds. The molecule has 0 fully saturated rings. The molecule has 8 N–H and O–H groups in total. The molecule has 0 aliphatic rings. The molecular formula is C12H28NO11P. The second-order valence-electron chi connectivity index (χ2n) is 5.21. The summed E-state index contributed by atoms with van der Waals surface area (Å²) in [5.41, 5.74) is 0. The summed E-state index contributed by atoms with van der Waals surface area (Å²) in [4.78, 5) is 9.35. The maximum Gasteiger partial charge on any atom is 0.472 e. The van der Waals surface area contributed by atoms with Crippen LogP contribution in [0.5, 0.6) is 0 Å². The molecule has 0 spiro atoms. The van der Waals surface area contributed by atoms with Crippen molar-refractivity contribution in [3.05, 3.63) is 0 Å². The molecule has 0 heterocycles. The van der Waals surface area contributed by atoms with Gasteiger partial charge in [0.05, 0.1) is 32.5 Å². The minimum atomic E-state index is -4.35. The van der Waals surface area contributed by atoms with Crippen LogP contribution >= 0.6 is 7.82 Å². The molecule has 0 aromatic heterocycles. The molecule has 12 nitrogen and oxygen atoms in total. The summed E-state index contributed by atoms with van der Waals surface area (Å²) in [7, 11) is -3.01. The Morgan fingerprint density at radius 2 is 1.60 bits per heavy atom. The summed E-state index contributed by atoms with van der Waals surface area (Å²) >= 11 is 0. The van der Waals surface area contributed by atoms with Crippen molar-refractivity contribution in [1.29, 1.82) is 0 Å². The highest BCUT2D eigenvalue weighted by Crippen LogP contribution is 2.42. The Hall–Kier alpha value is -0.210. The van der Waals surface area contributed by atoms with Gasteiger partial charge in [0, 0.05) is 20.2 Å². The zero-order chi connectivity index (χ0) is 19.5. The van der Waals surface area contributed by atoms with E-state index >= 15 is 0 Å². The molecule has 13 heteroatoms. The van der Waals surface area contributed by atoms with E-state index in [0.29, 0.717) is 0 Å². The van der Waals surface area contributed by atoms with Crippen molar-refractivity contribution in [2.75, 3.05) is 46.6 Å².